The standard InChI is InChI=1S/C19H15N3O5S2/c23-17(16-11-12-3-1-2-4-15(12)18(24)27-16)21-13-5-7-14(8-6-13)29(25,26)22-19-20-9-10-28-19/h1-10,16H,11H2,(H,20,22)(H,21,23)/t16-/m1/s1. The number of cyclic esters (lactones) is 1. The van der Waals surface area contributed by atoms with Crippen LogP contribution in [0.4, 0.5) is 10.8 Å². The number of hydrogen-bond acceptors (Lipinski definition) is 7. The minimum atomic E-state index is -3.77. The number of amides is 1. The number of thiazole rings is 1. The molecule has 148 valence electrons. The molecular weight excluding hydrogens is 414 g/mol. The molecule has 1 aliphatic heterocycles. The Bertz CT molecular complexity index is 1160. The molecule has 0 saturated carbocycles. The summed E-state index contributed by atoms with van der Waals surface area (Å²) >= 11 is 1.17. The number of anilines is 2. The molecule has 0 saturated heterocycles. The van der Waals surface area contributed by atoms with Gasteiger partial charge in [-0.3, -0.25) is 9.52 Å². The van der Waals surface area contributed by atoms with Crippen molar-refractivity contribution in [1.29, 1.82) is 0 Å². The van der Waals surface area contributed by atoms with Gasteiger partial charge in [-0.05, 0) is 35.9 Å². The van der Waals surface area contributed by atoms with Crippen molar-refractivity contribution < 1.29 is 22.7 Å². The highest BCUT2D eigenvalue weighted by molar-refractivity contribution is 7.93. The van der Waals surface area contributed by atoms with Crippen LogP contribution >= 0.6 is 11.3 Å². The van der Waals surface area contributed by atoms with E-state index in [-0.39, 0.29) is 16.4 Å². The normalized spacial score (nSPS) is 15.9. The lowest BCUT2D eigenvalue weighted by Crippen LogP contribution is -2.37. The van der Waals surface area contributed by atoms with Crippen LogP contribution in [0.1, 0.15) is 15.9 Å². The van der Waals surface area contributed by atoms with E-state index in [1.807, 2.05) is 0 Å². The molecule has 3 aromatic rings. The number of ether oxygens (including phenoxy) is 1. The van der Waals surface area contributed by atoms with Crippen LogP contribution < -0.4 is 10.0 Å². The third-order valence-electron chi connectivity index (χ3n) is 4.27. The maximum atomic E-state index is 12.5. The van der Waals surface area contributed by atoms with Gasteiger partial charge in [0, 0.05) is 23.7 Å². The van der Waals surface area contributed by atoms with E-state index in [2.05, 4.69) is 15.0 Å². The summed E-state index contributed by atoms with van der Waals surface area (Å²) in [7, 11) is -3.77. The van der Waals surface area contributed by atoms with Gasteiger partial charge in [-0.25, -0.2) is 18.2 Å². The summed E-state index contributed by atoms with van der Waals surface area (Å²) in [6, 6.07) is 12.6. The molecule has 8 nitrogen and oxygen atoms in total. The van der Waals surface area contributed by atoms with Gasteiger partial charge in [0.2, 0.25) is 0 Å². The Labute approximate surface area is 170 Å². The van der Waals surface area contributed by atoms with E-state index in [1.54, 1.807) is 29.6 Å². The number of carbonyl (C=O) groups excluding carboxylic acids is 2. The summed E-state index contributed by atoms with van der Waals surface area (Å²) in [5, 5.41) is 4.57. The molecular formula is C19H15N3O5S2. The van der Waals surface area contributed by atoms with Crippen LogP contribution in [0.15, 0.2) is 65.0 Å². The average Bonchev–Trinajstić information content (AvgIpc) is 3.20. The number of fused-ring (bicyclic) bond motifs is 1. The number of nitrogens with zero attached hydrogens (tertiary/aromatic N) is 1. The van der Waals surface area contributed by atoms with Crippen molar-refractivity contribution in [1.82, 2.24) is 4.98 Å². The highest BCUT2D eigenvalue weighted by Crippen LogP contribution is 2.23. The quantitative estimate of drug-likeness (QED) is 0.603. The lowest BCUT2D eigenvalue weighted by molar-refractivity contribution is -0.125. The molecule has 1 aromatic heterocycles. The molecule has 0 spiro atoms. The van der Waals surface area contributed by atoms with Crippen molar-refractivity contribution in [2.24, 2.45) is 0 Å². The molecule has 1 aliphatic rings. The first-order valence-corrected chi connectivity index (χ1v) is 10.9. The zero-order valence-corrected chi connectivity index (χ0v) is 16.5. The molecule has 4 rings (SSSR count). The van der Waals surface area contributed by atoms with Crippen LogP contribution in [0.3, 0.4) is 0 Å². The summed E-state index contributed by atoms with van der Waals surface area (Å²) in [6.45, 7) is 0. The maximum absolute atomic E-state index is 12.5. The van der Waals surface area contributed by atoms with Gasteiger partial charge >= 0.3 is 5.97 Å². The predicted octanol–water partition coefficient (Wildman–Crippen LogP) is 2.66. The highest BCUT2D eigenvalue weighted by Gasteiger charge is 2.31. The SMILES string of the molecule is O=C1O[C@@H](C(=O)Nc2ccc(S(=O)(=O)Nc3nccs3)cc2)Cc2ccccc21. The summed E-state index contributed by atoms with van der Waals surface area (Å²) in [6.07, 6.45) is 0.822. The third-order valence-corrected chi connectivity index (χ3v) is 6.44. The van der Waals surface area contributed by atoms with Crippen LogP contribution in [-0.4, -0.2) is 31.4 Å². The Morgan fingerprint density at radius 1 is 1.14 bits per heavy atom. The van der Waals surface area contributed by atoms with Crippen LogP contribution in [-0.2, 0) is 26.0 Å². The maximum Gasteiger partial charge on any atom is 0.339 e. The van der Waals surface area contributed by atoms with E-state index in [0.29, 0.717) is 11.3 Å². The lowest BCUT2D eigenvalue weighted by atomic mass is 9.98. The molecule has 29 heavy (non-hydrogen) atoms. The number of carbonyl (C=O) groups is 2. The molecule has 1 atom stereocenters. The Kier molecular flexibility index (Phi) is 5.03. The zero-order valence-electron chi connectivity index (χ0n) is 14.9. The van der Waals surface area contributed by atoms with Gasteiger partial charge in [-0.2, -0.15) is 0 Å². The average molecular weight is 429 g/mol. The molecule has 0 bridgehead atoms. The van der Waals surface area contributed by atoms with Crippen LogP contribution in [0.5, 0.6) is 0 Å². The van der Waals surface area contributed by atoms with E-state index in [1.165, 1.54) is 41.8 Å². The van der Waals surface area contributed by atoms with Gasteiger partial charge in [0.15, 0.2) is 11.2 Å². The van der Waals surface area contributed by atoms with Gasteiger partial charge in [-0.1, -0.05) is 18.2 Å². The molecule has 0 aliphatic carbocycles. The summed E-state index contributed by atoms with van der Waals surface area (Å²) < 4.78 is 32.3. The van der Waals surface area contributed by atoms with Gasteiger partial charge in [0.25, 0.3) is 15.9 Å². The summed E-state index contributed by atoms with van der Waals surface area (Å²) in [5.41, 5.74) is 1.59. The fraction of sp³-hybridized carbons (Fsp3) is 0.105. The van der Waals surface area contributed by atoms with Crippen molar-refractivity contribution >= 4 is 44.1 Å². The molecule has 1 amide bonds. The minimum Gasteiger partial charge on any atom is -0.448 e. The Morgan fingerprint density at radius 3 is 2.62 bits per heavy atom. The largest absolute Gasteiger partial charge is 0.448 e. The first-order chi connectivity index (χ1) is 13.9. The first-order valence-electron chi connectivity index (χ1n) is 8.54. The molecule has 2 N–H and O–H groups in total. The monoisotopic (exact) mass is 429 g/mol. The minimum absolute atomic E-state index is 0.0312. The van der Waals surface area contributed by atoms with E-state index in [0.717, 1.165) is 5.56 Å². The predicted molar refractivity (Wildman–Crippen MR) is 107 cm³/mol. The smallest absolute Gasteiger partial charge is 0.339 e. The third kappa shape index (κ3) is 4.13. The lowest BCUT2D eigenvalue weighted by Gasteiger charge is -2.23. The van der Waals surface area contributed by atoms with E-state index in [9.17, 15) is 18.0 Å². The van der Waals surface area contributed by atoms with Crippen LogP contribution in [0, 0.1) is 0 Å². The van der Waals surface area contributed by atoms with Crippen LogP contribution in [0.25, 0.3) is 0 Å². The first kappa shape index (κ1) is 19.1. The van der Waals surface area contributed by atoms with E-state index >= 15 is 0 Å². The number of nitrogens with one attached hydrogen (secondary N) is 2. The topological polar surface area (TPSA) is 114 Å². The number of sulfonamides is 1. The highest BCUT2D eigenvalue weighted by atomic mass is 32.2. The molecule has 2 aromatic carbocycles. The van der Waals surface area contributed by atoms with E-state index < -0.39 is 28.0 Å². The summed E-state index contributed by atoms with van der Waals surface area (Å²) in [4.78, 5) is 28.5. The van der Waals surface area contributed by atoms with Crippen molar-refractivity contribution in [2.45, 2.75) is 17.4 Å². The summed E-state index contributed by atoms with van der Waals surface area (Å²) in [5.74, 6) is -1.02. The van der Waals surface area contributed by atoms with Gasteiger partial charge < -0.3 is 10.1 Å². The molecule has 2 heterocycles. The zero-order chi connectivity index (χ0) is 20.4. The van der Waals surface area contributed by atoms with Gasteiger partial charge in [-0.15, -0.1) is 11.3 Å². The molecule has 0 fully saturated rings. The Hall–Kier alpha value is -3.24. The fourth-order valence-corrected chi connectivity index (χ4v) is 4.65. The second kappa shape index (κ2) is 7.64. The molecule has 0 unspecified atom stereocenters. The fourth-order valence-electron chi connectivity index (χ4n) is 2.87. The Morgan fingerprint density at radius 2 is 1.90 bits per heavy atom. The van der Waals surface area contributed by atoms with Crippen molar-refractivity contribution in [2.75, 3.05) is 10.0 Å². The molecule has 10 heteroatoms. The van der Waals surface area contributed by atoms with Crippen LogP contribution in [0.2, 0.25) is 0 Å². The second-order valence-electron chi connectivity index (χ2n) is 6.21. The second-order valence-corrected chi connectivity index (χ2v) is 8.79. The van der Waals surface area contributed by atoms with Crippen molar-refractivity contribution in [3.8, 4) is 0 Å². The van der Waals surface area contributed by atoms with Gasteiger partial charge in [0.05, 0.1) is 10.5 Å². The van der Waals surface area contributed by atoms with Gasteiger partial charge in [0.1, 0.15) is 0 Å². The number of rotatable bonds is 5. The number of aromatic nitrogens is 1. The molecule has 0 radical (unpaired) electrons. The van der Waals surface area contributed by atoms with E-state index in [4.69, 9.17) is 4.74 Å². The van der Waals surface area contributed by atoms with Crippen molar-refractivity contribution in [3.63, 3.8) is 0 Å². The number of benzene rings is 2. The Balaban J connectivity index is 1.44. The number of hydrogen-bond donors (Lipinski definition) is 2. The van der Waals surface area contributed by atoms with Crippen molar-refractivity contribution in [3.05, 3.63) is 71.2 Å². The number of esters is 1.